The third-order valence-corrected chi connectivity index (χ3v) is 5.74. The van der Waals surface area contributed by atoms with Gasteiger partial charge in [-0.3, -0.25) is 0 Å². The van der Waals surface area contributed by atoms with Gasteiger partial charge < -0.3 is 54.7 Å². The van der Waals surface area contributed by atoms with Gasteiger partial charge in [0, 0.05) is 12.5 Å². The van der Waals surface area contributed by atoms with Crippen molar-refractivity contribution in [3.8, 4) is 0 Å². The zero-order chi connectivity index (χ0) is 25.0. The van der Waals surface area contributed by atoms with Crippen LogP contribution < -0.4 is 0 Å². The summed E-state index contributed by atoms with van der Waals surface area (Å²) in [4.78, 5) is 0. The summed E-state index contributed by atoms with van der Waals surface area (Å²) in [5, 5.41) is 69.0. The quantitative estimate of drug-likeness (QED) is 0.100. The second-order valence-electron chi connectivity index (χ2n) is 8.13. The molecule has 208 valence electrons. The maximum atomic E-state index is 10.4. The zero-order valence-corrected chi connectivity index (χ0v) is 23.0. The Hall–Kier alpha value is -1.15. The summed E-state index contributed by atoms with van der Waals surface area (Å²) >= 11 is 5.38. The molecule has 2 rings (SSSR count). The van der Waals surface area contributed by atoms with Crippen molar-refractivity contribution >= 4 is 11.6 Å². The third-order valence-electron chi connectivity index (χ3n) is 5.48. The molecule has 0 unspecified atom stereocenters. The van der Waals surface area contributed by atoms with Crippen LogP contribution in [0.4, 0.5) is 0 Å². The predicted molar refractivity (Wildman–Crippen MR) is 118 cm³/mol. The number of hydrogen-bond acceptors (Lipinski definition) is 11. The average Bonchev–Trinajstić information content (AvgIpc) is 2.82. The fourth-order valence-electron chi connectivity index (χ4n) is 3.38. The van der Waals surface area contributed by atoms with E-state index in [4.69, 9.17) is 30.5 Å². The number of halogens is 1. The molecule has 0 aromatic heterocycles. The van der Waals surface area contributed by atoms with Crippen LogP contribution in [0.2, 0.25) is 0 Å². The number of alkyl halides is 1. The summed E-state index contributed by atoms with van der Waals surface area (Å²) in [6, 6.07) is 0. The van der Waals surface area contributed by atoms with E-state index in [-0.39, 0.29) is 0 Å². The minimum Gasteiger partial charge on any atom is -0.394 e. The molecule has 11 nitrogen and oxygen atoms in total. The Morgan fingerprint density at radius 2 is 1.26 bits per heavy atom. The summed E-state index contributed by atoms with van der Waals surface area (Å²) in [5.41, 5.74) is 0. The Balaban J connectivity index is 0.00000138. The van der Waals surface area contributed by atoms with E-state index >= 15 is 0 Å². The maximum absolute atomic E-state index is 10.4. The first-order valence-corrected chi connectivity index (χ1v) is 12.1. The van der Waals surface area contributed by atoms with Crippen LogP contribution in [0.3, 0.4) is 0 Å². The van der Waals surface area contributed by atoms with Gasteiger partial charge >= 0.3 is 0 Å². The van der Waals surface area contributed by atoms with Crippen LogP contribution in [0.5, 0.6) is 0 Å². The van der Waals surface area contributed by atoms with E-state index in [0.29, 0.717) is 6.61 Å². The first-order chi connectivity index (χ1) is 15.8. The average molecular weight is 756 g/mol. The molecule has 0 spiro atoms. The number of aliphatic hydroxyl groups excluding tert-OH is 7. The van der Waals surface area contributed by atoms with Gasteiger partial charge in [-0.1, -0.05) is 33.1 Å². The second-order valence-corrected chi connectivity index (χ2v) is 8.50. The molecule has 0 aromatic carbocycles. The zero-order valence-electron chi connectivity index (χ0n) is 19.6. The minimum absolute atomic E-state index is 0. The molecule has 0 saturated carbocycles. The molecule has 0 bridgehead atoms. The van der Waals surface area contributed by atoms with Crippen LogP contribution in [0.1, 0.15) is 46.0 Å². The third kappa shape index (κ3) is 9.14. The molecule has 2 saturated heterocycles. The molecule has 13 heteroatoms. The minimum atomic E-state index is -1.69. The normalized spacial score (nSPS) is 37.9. The molecular formula is C21H41CfClO11. The molecule has 0 radical (unpaired) electrons. The van der Waals surface area contributed by atoms with Crippen molar-refractivity contribution in [2.45, 2.75) is 107 Å². The summed E-state index contributed by atoms with van der Waals surface area (Å²) in [6.07, 6.45) is -8.97. The monoisotopic (exact) mass is 753 g/mol. The van der Waals surface area contributed by atoms with Gasteiger partial charge in [0.1, 0.15) is 48.8 Å². The van der Waals surface area contributed by atoms with Crippen molar-refractivity contribution in [3.63, 3.8) is 0 Å². The van der Waals surface area contributed by atoms with E-state index in [1.165, 1.54) is 19.3 Å². The van der Waals surface area contributed by atoms with Crippen LogP contribution in [0, 0.1) is 0 Å². The first kappa shape index (κ1) is 32.8. The molecule has 2 aliphatic rings. The van der Waals surface area contributed by atoms with Crippen molar-refractivity contribution in [2.75, 3.05) is 25.7 Å². The van der Waals surface area contributed by atoms with Crippen LogP contribution >= 0.6 is 11.6 Å². The Kier molecular flexibility index (Phi) is 16.7. The molecule has 7 N–H and O–H groups in total. The Morgan fingerprint density at radius 1 is 0.706 bits per heavy atom. The standard InChI is InChI=1S/C16H30O11.C5H11Cl.Cf/c1-2-3-4-24-15-13(23)11(21)14(8(6-18)26-15)27-16-12(22)10(20)9(19)7(5-17)25-16;1-2-3-4-5-6;/h7-23H,2-6H2,1H3;2-5H2,1H3;/t7-,8-,9-,10+,11-,12-,13-,14-,15-,16-;;/m1../s1. The van der Waals surface area contributed by atoms with E-state index in [1.807, 2.05) is 6.92 Å². The van der Waals surface area contributed by atoms with Gasteiger partial charge in [0.25, 0.3) is 0 Å². The Bertz CT molecular complexity index is 501. The Morgan fingerprint density at radius 3 is 1.76 bits per heavy atom. The van der Waals surface area contributed by atoms with Crippen molar-refractivity contribution in [1.82, 2.24) is 0 Å². The van der Waals surface area contributed by atoms with E-state index in [0.717, 1.165) is 18.7 Å². The summed E-state index contributed by atoms with van der Waals surface area (Å²) < 4.78 is 21.5. The van der Waals surface area contributed by atoms with Crippen molar-refractivity contribution in [3.05, 3.63) is 0 Å². The number of ether oxygens (including phenoxy) is 4. The Labute approximate surface area is 199 Å². The summed E-state index contributed by atoms with van der Waals surface area (Å²) in [6.45, 7) is 3.19. The maximum Gasteiger partial charge on any atom is 0.187 e. The van der Waals surface area contributed by atoms with Crippen molar-refractivity contribution in [2.24, 2.45) is 0 Å². The van der Waals surface area contributed by atoms with E-state index in [9.17, 15) is 35.7 Å². The molecule has 2 aliphatic heterocycles. The second kappa shape index (κ2) is 17.3. The summed E-state index contributed by atoms with van der Waals surface area (Å²) in [5.74, 6) is 0.827. The van der Waals surface area contributed by atoms with Gasteiger partial charge in [-0.05, 0) is 12.8 Å². The van der Waals surface area contributed by atoms with Gasteiger partial charge in [-0.15, -0.1) is 11.6 Å². The van der Waals surface area contributed by atoms with Crippen LogP contribution in [0.25, 0.3) is 0 Å². The van der Waals surface area contributed by atoms with Gasteiger partial charge in [0.15, 0.2) is 12.6 Å². The number of hydrogen-bond donors (Lipinski definition) is 7. The molecule has 0 aromatic rings. The smallest absolute Gasteiger partial charge is 0.187 e. The number of unbranched alkanes of at least 4 members (excludes halogenated alkanes) is 3. The van der Waals surface area contributed by atoms with Crippen molar-refractivity contribution in [1.29, 1.82) is 0 Å². The van der Waals surface area contributed by atoms with Crippen molar-refractivity contribution < 1.29 is 54.7 Å². The summed E-state index contributed by atoms with van der Waals surface area (Å²) in [7, 11) is 0. The van der Waals surface area contributed by atoms with Gasteiger partial charge in [0.2, 0.25) is 0 Å². The van der Waals surface area contributed by atoms with E-state index in [1.54, 1.807) is 0 Å². The molecule has 2 fully saturated rings. The molecule has 10 atom stereocenters. The van der Waals surface area contributed by atoms with E-state index in [2.05, 4.69) is 6.92 Å². The largest absolute Gasteiger partial charge is 0.394 e. The van der Waals surface area contributed by atoms with Crippen LogP contribution in [0.15, 0.2) is 0 Å². The molecule has 0 aliphatic carbocycles. The first-order valence-electron chi connectivity index (χ1n) is 11.5. The fraction of sp³-hybridized carbons (Fsp3) is 1.00. The predicted octanol–water partition coefficient (Wildman–Crippen LogP) is -1.16. The van der Waals surface area contributed by atoms with Gasteiger partial charge in [0.05, 0.1) is 13.2 Å². The fourth-order valence-corrected chi connectivity index (χ4v) is 3.57. The van der Waals surface area contributed by atoms with Crippen LogP contribution in [-0.4, -0.2) is 123 Å². The molecular weight excluding hydrogens is 715 g/mol. The SMILES string of the molecule is CCCCCCl.CCCCO[C@@H]1O[C@H](CO)[C@@H](O[C@H]2O[C@H](CO)[C@@H](O)[C@H](O)[C@H]2O)[C@H](O)[C@H]1O.[Cf]. The topological polar surface area (TPSA) is 179 Å². The van der Waals surface area contributed by atoms with Gasteiger partial charge in [-0.2, -0.15) is 0 Å². The van der Waals surface area contributed by atoms with Crippen LogP contribution in [-0.2, 0) is 18.9 Å². The number of rotatable bonds is 11. The molecule has 34 heavy (non-hydrogen) atoms. The molecule has 0 amide bonds. The number of aliphatic hydroxyl groups is 7. The van der Waals surface area contributed by atoms with E-state index < -0.39 is 74.6 Å². The van der Waals surface area contributed by atoms with Gasteiger partial charge in [-0.25, -0.2) is 0 Å². The molecule has 2 heterocycles.